The van der Waals surface area contributed by atoms with E-state index in [2.05, 4.69) is 17.1 Å². The molecular weight excluding hydrogens is 332 g/mol. The fourth-order valence-corrected chi connectivity index (χ4v) is 4.04. The van der Waals surface area contributed by atoms with Crippen LogP contribution in [-0.2, 0) is 40.3 Å². The lowest BCUT2D eigenvalue weighted by molar-refractivity contribution is -0.121. The first-order valence-electron chi connectivity index (χ1n) is 9.87. The minimum Gasteiger partial charge on any atom is -0.383 e. The van der Waals surface area contributed by atoms with E-state index in [0.29, 0.717) is 32.1 Å². The Balaban J connectivity index is 1.52. The number of aromatic nitrogens is 2. The van der Waals surface area contributed by atoms with Gasteiger partial charge in [-0.1, -0.05) is 6.92 Å². The van der Waals surface area contributed by atoms with Gasteiger partial charge in [0.05, 0.1) is 32.1 Å². The Morgan fingerprint density at radius 1 is 1.46 bits per heavy atom. The van der Waals surface area contributed by atoms with Crippen LogP contribution >= 0.6 is 0 Å². The molecule has 0 aromatic carbocycles. The van der Waals surface area contributed by atoms with Gasteiger partial charge in [-0.3, -0.25) is 14.4 Å². The maximum Gasteiger partial charge on any atom is 0.220 e. The van der Waals surface area contributed by atoms with Crippen molar-refractivity contribution in [3.63, 3.8) is 0 Å². The van der Waals surface area contributed by atoms with Crippen molar-refractivity contribution in [3.05, 3.63) is 17.0 Å². The normalized spacial score (nSPS) is 20.3. The van der Waals surface area contributed by atoms with Crippen LogP contribution in [0, 0.1) is 0 Å². The summed E-state index contributed by atoms with van der Waals surface area (Å²) < 4.78 is 12.8. The third-order valence-corrected chi connectivity index (χ3v) is 5.52. The molecule has 0 aliphatic carbocycles. The molecule has 7 heteroatoms. The Hall–Kier alpha value is -1.44. The number of methoxy groups -OCH3 is 1. The molecule has 1 amide bonds. The largest absolute Gasteiger partial charge is 0.383 e. The van der Waals surface area contributed by atoms with Gasteiger partial charge < -0.3 is 14.8 Å². The standard InChI is InChI=1S/C19H32N4O3/c1-3-22-9-4-5-15(22)13-20-19(24)7-6-17-16-14-26-11-8-18(16)23(21-17)10-12-25-2/h15H,3-14H2,1-2H3,(H,20,24). The lowest BCUT2D eigenvalue weighted by Crippen LogP contribution is -2.40. The van der Waals surface area contributed by atoms with Crippen molar-refractivity contribution in [3.8, 4) is 0 Å². The minimum absolute atomic E-state index is 0.116. The van der Waals surface area contributed by atoms with Gasteiger partial charge >= 0.3 is 0 Å². The molecule has 7 nitrogen and oxygen atoms in total. The van der Waals surface area contributed by atoms with E-state index in [4.69, 9.17) is 14.6 Å². The number of carbonyl (C=O) groups is 1. The summed E-state index contributed by atoms with van der Waals surface area (Å²) in [6.45, 7) is 7.90. The number of likely N-dealkylation sites (N-methyl/N-ethyl adjacent to an activating group) is 1. The zero-order valence-corrected chi connectivity index (χ0v) is 16.1. The number of aryl methyl sites for hydroxylation is 1. The van der Waals surface area contributed by atoms with Crippen LogP contribution in [-0.4, -0.2) is 66.6 Å². The highest BCUT2D eigenvalue weighted by atomic mass is 16.5. The molecule has 26 heavy (non-hydrogen) atoms. The molecule has 0 radical (unpaired) electrons. The van der Waals surface area contributed by atoms with Crippen LogP contribution in [0.25, 0.3) is 0 Å². The zero-order valence-electron chi connectivity index (χ0n) is 16.1. The average Bonchev–Trinajstić information content (AvgIpc) is 3.27. The number of nitrogens with zero attached hydrogens (tertiary/aromatic N) is 3. The highest BCUT2D eigenvalue weighted by molar-refractivity contribution is 5.76. The Morgan fingerprint density at radius 3 is 3.15 bits per heavy atom. The second-order valence-electron chi connectivity index (χ2n) is 7.12. The van der Waals surface area contributed by atoms with Crippen molar-refractivity contribution in [1.82, 2.24) is 20.0 Å². The van der Waals surface area contributed by atoms with Crippen LogP contribution in [0.1, 0.15) is 43.1 Å². The molecule has 0 saturated carbocycles. The SMILES string of the molecule is CCN1CCCC1CNC(=O)CCc1nn(CCOC)c2c1COCC2. The minimum atomic E-state index is 0.116. The van der Waals surface area contributed by atoms with E-state index >= 15 is 0 Å². The molecule has 1 saturated heterocycles. The summed E-state index contributed by atoms with van der Waals surface area (Å²) >= 11 is 0. The Labute approximate surface area is 156 Å². The first kappa shape index (κ1) is 19.3. The molecule has 146 valence electrons. The number of hydrogen-bond acceptors (Lipinski definition) is 5. The predicted octanol–water partition coefficient (Wildman–Crippen LogP) is 1.14. The molecular formula is C19H32N4O3. The fourth-order valence-electron chi connectivity index (χ4n) is 4.04. The molecule has 1 aromatic heterocycles. The molecule has 3 heterocycles. The maximum absolute atomic E-state index is 12.3. The van der Waals surface area contributed by atoms with E-state index in [9.17, 15) is 4.79 Å². The van der Waals surface area contributed by atoms with Crippen molar-refractivity contribution in [2.45, 2.75) is 58.2 Å². The van der Waals surface area contributed by atoms with Gasteiger partial charge in [0, 0.05) is 50.2 Å². The van der Waals surface area contributed by atoms with Crippen molar-refractivity contribution < 1.29 is 14.3 Å². The number of amides is 1. The smallest absolute Gasteiger partial charge is 0.220 e. The zero-order chi connectivity index (χ0) is 18.4. The first-order valence-corrected chi connectivity index (χ1v) is 9.87. The number of ether oxygens (including phenoxy) is 2. The second-order valence-corrected chi connectivity index (χ2v) is 7.12. The molecule has 0 bridgehead atoms. The molecule has 1 aromatic rings. The molecule has 1 unspecified atom stereocenters. The second kappa shape index (κ2) is 9.48. The van der Waals surface area contributed by atoms with Crippen LogP contribution in [0.5, 0.6) is 0 Å². The molecule has 1 atom stereocenters. The molecule has 0 spiro atoms. The van der Waals surface area contributed by atoms with Crippen molar-refractivity contribution in [1.29, 1.82) is 0 Å². The molecule has 3 rings (SSSR count). The Morgan fingerprint density at radius 2 is 2.35 bits per heavy atom. The van der Waals surface area contributed by atoms with Gasteiger partial charge in [0.2, 0.25) is 5.91 Å². The van der Waals surface area contributed by atoms with Crippen LogP contribution in [0.15, 0.2) is 0 Å². The molecule has 2 aliphatic heterocycles. The summed E-state index contributed by atoms with van der Waals surface area (Å²) in [6.07, 6.45) is 4.45. The van der Waals surface area contributed by atoms with E-state index in [1.165, 1.54) is 24.1 Å². The Bertz CT molecular complexity index is 602. The summed E-state index contributed by atoms with van der Waals surface area (Å²) in [7, 11) is 1.70. The van der Waals surface area contributed by atoms with Crippen molar-refractivity contribution in [2.75, 3.05) is 40.0 Å². The van der Waals surface area contributed by atoms with Gasteiger partial charge in [-0.15, -0.1) is 0 Å². The van der Waals surface area contributed by atoms with Crippen molar-refractivity contribution in [2.24, 2.45) is 0 Å². The summed E-state index contributed by atoms with van der Waals surface area (Å²) in [6, 6.07) is 0.498. The van der Waals surface area contributed by atoms with Crippen LogP contribution in [0.4, 0.5) is 0 Å². The van der Waals surface area contributed by atoms with Gasteiger partial charge in [0.15, 0.2) is 0 Å². The average molecular weight is 364 g/mol. The topological polar surface area (TPSA) is 68.6 Å². The number of likely N-dealkylation sites (tertiary alicyclic amines) is 1. The number of hydrogen-bond donors (Lipinski definition) is 1. The quantitative estimate of drug-likeness (QED) is 0.712. The van der Waals surface area contributed by atoms with Gasteiger partial charge in [-0.25, -0.2) is 0 Å². The van der Waals surface area contributed by atoms with Crippen LogP contribution < -0.4 is 5.32 Å². The number of nitrogens with one attached hydrogen (secondary N) is 1. The molecule has 1 fully saturated rings. The third kappa shape index (κ3) is 4.64. The van der Waals surface area contributed by atoms with Crippen LogP contribution in [0.2, 0.25) is 0 Å². The monoisotopic (exact) mass is 364 g/mol. The molecule has 2 aliphatic rings. The lowest BCUT2D eigenvalue weighted by Gasteiger charge is -2.22. The van der Waals surface area contributed by atoms with Gasteiger partial charge in [-0.05, 0) is 25.9 Å². The highest BCUT2D eigenvalue weighted by Crippen LogP contribution is 2.22. The van der Waals surface area contributed by atoms with E-state index in [0.717, 1.165) is 44.9 Å². The Kier molecular flexibility index (Phi) is 7.05. The third-order valence-electron chi connectivity index (χ3n) is 5.52. The van der Waals surface area contributed by atoms with E-state index in [1.54, 1.807) is 7.11 Å². The van der Waals surface area contributed by atoms with E-state index < -0.39 is 0 Å². The number of carbonyl (C=O) groups excluding carboxylic acids is 1. The van der Waals surface area contributed by atoms with Gasteiger partial charge in [-0.2, -0.15) is 5.10 Å². The summed E-state index contributed by atoms with van der Waals surface area (Å²) in [5.41, 5.74) is 3.42. The van der Waals surface area contributed by atoms with Crippen LogP contribution in [0.3, 0.4) is 0 Å². The lowest BCUT2D eigenvalue weighted by atomic mass is 10.1. The fraction of sp³-hybridized carbons (Fsp3) is 0.789. The van der Waals surface area contributed by atoms with Gasteiger partial charge in [0.25, 0.3) is 0 Å². The predicted molar refractivity (Wildman–Crippen MR) is 99.1 cm³/mol. The van der Waals surface area contributed by atoms with Gasteiger partial charge in [0.1, 0.15) is 0 Å². The first-order chi connectivity index (χ1) is 12.7. The number of fused-ring (bicyclic) bond motifs is 1. The molecule has 1 N–H and O–H groups in total. The highest BCUT2D eigenvalue weighted by Gasteiger charge is 2.24. The summed E-state index contributed by atoms with van der Waals surface area (Å²) in [4.78, 5) is 14.7. The maximum atomic E-state index is 12.3. The summed E-state index contributed by atoms with van der Waals surface area (Å²) in [5.74, 6) is 0.116. The van der Waals surface area contributed by atoms with E-state index in [-0.39, 0.29) is 5.91 Å². The summed E-state index contributed by atoms with van der Waals surface area (Å²) in [5, 5.41) is 7.85. The number of rotatable bonds is 9. The van der Waals surface area contributed by atoms with Crippen molar-refractivity contribution >= 4 is 5.91 Å². The van der Waals surface area contributed by atoms with E-state index in [1.807, 2.05) is 4.68 Å².